The van der Waals surface area contributed by atoms with Gasteiger partial charge in [-0.05, 0) is 23.9 Å². The molecule has 0 aromatic carbocycles. The van der Waals surface area contributed by atoms with Gasteiger partial charge in [0.25, 0.3) is 0 Å². The summed E-state index contributed by atoms with van der Waals surface area (Å²) in [5.41, 5.74) is 1.18. The van der Waals surface area contributed by atoms with Crippen LogP contribution in [0.2, 0.25) is 0 Å². The molecule has 0 spiro atoms. The molecule has 1 aliphatic rings. The number of rotatable bonds is 3. The number of nitrogens with one attached hydrogen (secondary N) is 1. The van der Waals surface area contributed by atoms with Crippen molar-refractivity contribution in [1.82, 2.24) is 10.2 Å². The normalized spacial score (nSPS) is 19.8. The van der Waals surface area contributed by atoms with E-state index >= 15 is 0 Å². The maximum Gasteiger partial charge on any atom is 0.239 e. The minimum atomic E-state index is -0.125. The van der Waals surface area contributed by atoms with Crippen molar-refractivity contribution in [1.29, 1.82) is 0 Å². The molecule has 2 amide bonds. The van der Waals surface area contributed by atoms with Gasteiger partial charge in [-0.2, -0.15) is 0 Å². The topological polar surface area (TPSA) is 49.4 Å². The number of amides is 2. The number of hydrogen-bond donors (Lipinski definition) is 1. The molecule has 0 saturated carbocycles. The third-order valence-corrected chi connectivity index (χ3v) is 5.13. The molecule has 0 aliphatic carbocycles. The molecule has 1 atom stereocenters. The van der Waals surface area contributed by atoms with Crippen molar-refractivity contribution < 1.29 is 9.59 Å². The number of carbonyl (C=O) groups is 2. The highest BCUT2D eigenvalue weighted by atomic mass is 32.2. The molecule has 1 aromatic heterocycles. The van der Waals surface area contributed by atoms with Crippen LogP contribution in [0.25, 0.3) is 0 Å². The minimum absolute atomic E-state index is 0.000185. The average Bonchev–Trinajstić information content (AvgIpc) is 2.87. The molecule has 4 nitrogen and oxygen atoms in total. The van der Waals surface area contributed by atoms with Crippen LogP contribution in [0.3, 0.4) is 0 Å². The molecule has 6 heteroatoms. The largest absolute Gasteiger partial charge is 0.358 e. The SMILES string of the molecule is CNC(=O)CN1C(=O)CS[C@@H]1c1sccc1C. The fourth-order valence-corrected chi connectivity index (χ4v) is 4.18. The third-order valence-electron chi connectivity index (χ3n) is 2.69. The van der Waals surface area contributed by atoms with Gasteiger partial charge in [-0.15, -0.1) is 23.1 Å². The summed E-state index contributed by atoms with van der Waals surface area (Å²) >= 11 is 3.23. The molecule has 2 rings (SSSR count). The van der Waals surface area contributed by atoms with Gasteiger partial charge in [0.2, 0.25) is 11.8 Å². The molecule has 1 aromatic rings. The lowest BCUT2D eigenvalue weighted by atomic mass is 10.2. The molecule has 17 heavy (non-hydrogen) atoms. The summed E-state index contributed by atoms with van der Waals surface area (Å²) in [5.74, 6) is 0.371. The van der Waals surface area contributed by atoms with Crippen LogP contribution >= 0.6 is 23.1 Å². The molecule has 92 valence electrons. The number of thiophene rings is 1. The smallest absolute Gasteiger partial charge is 0.239 e. The lowest BCUT2D eigenvalue weighted by molar-refractivity contribution is -0.133. The van der Waals surface area contributed by atoms with Crippen molar-refractivity contribution in [2.24, 2.45) is 0 Å². The number of hydrogen-bond acceptors (Lipinski definition) is 4. The Morgan fingerprint density at radius 3 is 3.00 bits per heavy atom. The Kier molecular flexibility index (Phi) is 3.73. The van der Waals surface area contributed by atoms with Crippen LogP contribution in [0.4, 0.5) is 0 Å². The zero-order valence-corrected chi connectivity index (χ0v) is 11.4. The van der Waals surface area contributed by atoms with Crippen molar-refractivity contribution in [3.8, 4) is 0 Å². The first-order valence-electron chi connectivity index (χ1n) is 5.29. The monoisotopic (exact) mass is 270 g/mol. The molecule has 1 saturated heterocycles. The van der Waals surface area contributed by atoms with E-state index < -0.39 is 0 Å². The summed E-state index contributed by atoms with van der Waals surface area (Å²) in [4.78, 5) is 26.0. The van der Waals surface area contributed by atoms with Gasteiger partial charge in [-0.1, -0.05) is 0 Å². The summed E-state index contributed by atoms with van der Waals surface area (Å²) in [6.45, 7) is 2.18. The minimum Gasteiger partial charge on any atom is -0.358 e. The second kappa shape index (κ2) is 5.10. The first kappa shape index (κ1) is 12.4. The Morgan fingerprint density at radius 2 is 2.41 bits per heavy atom. The Morgan fingerprint density at radius 1 is 1.65 bits per heavy atom. The van der Waals surface area contributed by atoms with Crippen molar-refractivity contribution in [2.75, 3.05) is 19.3 Å². The zero-order valence-electron chi connectivity index (χ0n) is 9.73. The standard InChI is InChI=1S/C11H14N2O2S2/c1-7-3-4-16-10(7)11-13(5-8(14)12-2)9(15)6-17-11/h3-4,11H,5-6H2,1-2H3,(H,12,14)/t11-/m1/s1. The van der Waals surface area contributed by atoms with Crippen molar-refractivity contribution >= 4 is 34.9 Å². The quantitative estimate of drug-likeness (QED) is 0.902. The summed E-state index contributed by atoms with van der Waals surface area (Å²) < 4.78 is 0. The fraction of sp³-hybridized carbons (Fsp3) is 0.455. The van der Waals surface area contributed by atoms with Gasteiger partial charge >= 0.3 is 0 Å². The number of likely N-dealkylation sites (N-methyl/N-ethyl adjacent to an activating group) is 1. The van der Waals surface area contributed by atoms with Crippen LogP contribution in [0.5, 0.6) is 0 Å². The summed E-state index contributed by atoms with van der Waals surface area (Å²) in [7, 11) is 1.58. The van der Waals surface area contributed by atoms with Gasteiger partial charge in [0.1, 0.15) is 11.9 Å². The highest BCUT2D eigenvalue weighted by Crippen LogP contribution is 2.41. The second-order valence-corrected chi connectivity index (χ2v) is 5.84. The Bertz CT molecular complexity index is 444. The van der Waals surface area contributed by atoms with E-state index in [1.54, 1.807) is 35.0 Å². The van der Waals surface area contributed by atoms with E-state index in [2.05, 4.69) is 5.32 Å². The summed E-state index contributed by atoms with van der Waals surface area (Å²) in [5, 5.41) is 4.57. The van der Waals surface area contributed by atoms with Crippen LogP contribution in [0.15, 0.2) is 11.4 Å². The predicted octanol–water partition coefficient (Wildman–Crippen LogP) is 1.38. The van der Waals surface area contributed by atoms with Crippen molar-refractivity contribution in [3.63, 3.8) is 0 Å². The van der Waals surface area contributed by atoms with Gasteiger partial charge in [0.15, 0.2) is 0 Å². The van der Waals surface area contributed by atoms with E-state index in [0.717, 1.165) is 0 Å². The van der Waals surface area contributed by atoms with E-state index in [1.165, 1.54) is 10.4 Å². The van der Waals surface area contributed by atoms with E-state index in [9.17, 15) is 9.59 Å². The van der Waals surface area contributed by atoms with Gasteiger partial charge < -0.3 is 10.2 Å². The van der Waals surface area contributed by atoms with E-state index in [0.29, 0.717) is 5.75 Å². The van der Waals surface area contributed by atoms with Gasteiger partial charge in [-0.25, -0.2) is 0 Å². The Hall–Kier alpha value is -1.01. The molecule has 0 bridgehead atoms. The molecule has 0 radical (unpaired) electrons. The van der Waals surface area contributed by atoms with E-state index in [4.69, 9.17) is 0 Å². The lowest BCUT2D eigenvalue weighted by Gasteiger charge is -2.22. The Balaban J connectivity index is 2.19. The van der Waals surface area contributed by atoms with Crippen molar-refractivity contribution in [2.45, 2.75) is 12.3 Å². The maximum absolute atomic E-state index is 11.8. The number of thioether (sulfide) groups is 1. The predicted molar refractivity (Wildman–Crippen MR) is 70.0 cm³/mol. The van der Waals surface area contributed by atoms with Crippen LogP contribution in [0, 0.1) is 6.92 Å². The van der Waals surface area contributed by atoms with Crippen molar-refractivity contribution in [3.05, 3.63) is 21.9 Å². The Labute approximate surface area is 108 Å². The molecular formula is C11H14N2O2S2. The number of aryl methyl sites for hydroxylation is 1. The van der Waals surface area contributed by atoms with Crippen LogP contribution in [0.1, 0.15) is 15.8 Å². The zero-order chi connectivity index (χ0) is 12.4. The van der Waals surface area contributed by atoms with Gasteiger partial charge in [-0.3, -0.25) is 9.59 Å². The fourth-order valence-electron chi connectivity index (χ4n) is 1.71. The molecule has 2 heterocycles. The highest BCUT2D eigenvalue weighted by molar-refractivity contribution is 8.00. The lowest BCUT2D eigenvalue weighted by Crippen LogP contribution is -2.37. The molecular weight excluding hydrogens is 256 g/mol. The van der Waals surface area contributed by atoms with Gasteiger partial charge in [0, 0.05) is 11.9 Å². The summed E-state index contributed by atoms with van der Waals surface area (Å²) in [6, 6.07) is 2.04. The van der Waals surface area contributed by atoms with Crippen LogP contribution in [-0.2, 0) is 9.59 Å². The molecule has 1 fully saturated rings. The third kappa shape index (κ3) is 2.47. The first-order valence-corrected chi connectivity index (χ1v) is 7.22. The van der Waals surface area contributed by atoms with E-state index in [1.807, 2.05) is 18.4 Å². The average molecular weight is 270 g/mol. The first-order chi connectivity index (χ1) is 8.13. The van der Waals surface area contributed by atoms with Gasteiger partial charge in [0.05, 0.1) is 5.75 Å². The number of nitrogens with zero attached hydrogens (tertiary/aromatic N) is 1. The highest BCUT2D eigenvalue weighted by Gasteiger charge is 2.35. The van der Waals surface area contributed by atoms with Crippen LogP contribution in [-0.4, -0.2) is 36.1 Å². The second-order valence-electron chi connectivity index (χ2n) is 3.83. The maximum atomic E-state index is 11.8. The summed E-state index contributed by atoms with van der Waals surface area (Å²) in [6.07, 6.45) is 0. The molecule has 1 aliphatic heterocycles. The molecule has 1 N–H and O–H groups in total. The van der Waals surface area contributed by atoms with E-state index in [-0.39, 0.29) is 23.7 Å². The number of carbonyl (C=O) groups excluding carboxylic acids is 2. The van der Waals surface area contributed by atoms with Crippen LogP contribution < -0.4 is 5.32 Å². The molecule has 0 unspecified atom stereocenters.